The number of nitro benzene ring substituents is 1. The molecule has 0 spiro atoms. The van der Waals surface area contributed by atoms with Gasteiger partial charge in [-0.05, 0) is 54.8 Å². The van der Waals surface area contributed by atoms with Crippen LogP contribution in [-0.4, -0.2) is 38.9 Å². The summed E-state index contributed by atoms with van der Waals surface area (Å²) in [6, 6.07) is 11.4. The van der Waals surface area contributed by atoms with E-state index < -0.39 is 0 Å². The lowest BCUT2D eigenvalue weighted by Gasteiger charge is -2.32. The van der Waals surface area contributed by atoms with Crippen LogP contribution in [0.4, 0.5) is 11.4 Å². The van der Waals surface area contributed by atoms with Crippen LogP contribution in [0.15, 0.2) is 55.0 Å². The number of piperidine rings is 1. The first-order chi connectivity index (χ1) is 13.2. The number of benzene rings is 1. The zero-order valence-corrected chi connectivity index (χ0v) is 14.9. The normalized spacial score (nSPS) is 15.7. The van der Waals surface area contributed by atoms with Gasteiger partial charge in [0.25, 0.3) is 0 Å². The largest absolute Gasteiger partial charge is 0.377 e. The van der Waals surface area contributed by atoms with Gasteiger partial charge in [-0.1, -0.05) is 0 Å². The van der Waals surface area contributed by atoms with Crippen LogP contribution in [0.2, 0.25) is 0 Å². The summed E-state index contributed by atoms with van der Waals surface area (Å²) in [7, 11) is 0. The first-order valence-corrected chi connectivity index (χ1v) is 9.10. The van der Waals surface area contributed by atoms with Gasteiger partial charge in [-0.25, -0.2) is 0 Å². The van der Waals surface area contributed by atoms with E-state index in [1.807, 2.05) is 30.6 Å². The third kappa shape index (κ3) is 3.88. The number of pyridine rings is 2. The molecule has 1 N–H and O–H groups in total. The Labute approximate surface area is 157 Å². The number of likely N-dealkylation sites (tertiary alicyclic amines) is 1. The molecular weight excluding hydrogens is 342 g/mol. The van der Waals surface area contributed by atoms with Crippen LogP contribution in [0.25, 0.3) is 10.9 Å². The van der Waals surface area contributed by atoms with Crippen LogP contribution in [0, 0.1) is 10.1 Å². The number of fused-ring (bicyclic) bond motifs is 1. The molecule has 0 radical (unpaired) electrons. The number of nitrogens with zero attached hydrogens (tertiary/aromatic N) is 4. The van der Waals surface area contributed by atoms with Crippen molar-refractivity contribution in [2.45, 2.75) is 25.4 Å². The van der Waals surface area contributed by atoms with Gasteiger partial charge in [0.1, 0.15) is 5.69 Å². The minimum Gasteiger partial charge on any atom is -0.377 e. The molecule has 138 valence electrons. The highest BCUT2D eigenvalue weighted by molar-refractivity contribution is 5.94. The molecule has 3 aromatic rings. The number of nitrogens with one attached hydrogen (secondary N) is 1. The molecular formula is C20H21N5O2. The summed E-state index contributed by atoms with van der Waals surface area (Å²) < 4.78 is 0. The molecule has 2 aromatic heterocycles. The minimum atomic E-state index is -0.315. The maximum absolute atomic E-state index is 11.7. The van der Waals surface area contributed by atoms with Crippen molar-refractivity contribution in [3.63, 3.8) is 0 Å². The predicted octanol–water partition coefficient (Wildman–Crippen LogP) is 3.61. The summed E-state index contributed by atoms with van der Waals surface area (Å²) in [6.45, 7) is 2.84. The van der Waals surface area contributed by atoms with Crippen molar-refractivity contribution in [1.82, 2.24) is 14.9 Å². The van der Waals surface area contributed by atoms with Gasteiger partial charge in [-0.3, -0.25) is 25.0 Å². The highest BCUT2D eigenvalue weighted by Gasteiger charge is 2.24. The summed E-state index contributed by atoms with van der Waals surface area (Å²) in [5.41, 5.74) is 2.59. The Morgan fingerprint density at radius 2 is 1.89 bits per heavy atom. The van der Waals surface area contributed by atoms with Gasteiger partial charge in [-0.15, -0.1) is 0 Å². The Morgan fingerprint density at radius 3 is 2.63 bits per heavy atom. The first-order valence-electron chi connectivity index (χ1n) is 9.10. The Hall–Kier alpha value is -3.06. The van der Waals surface area contributed by atoms with Crippen LogP contribution in [0.1, 0.15) is 18.4 Å². The maximum Gasteiger partial charge on any atom is 0.301 e. The maximum atomic E-state index is 11.7. The molecule has 1 fully saturated rings. The van der Waals surface area contributed by atoms with Gasteiger partial charge in [0.15, 0.2) is 0 Å². The van der Waals surface area contributed by atoms with Crippen molar-refractivity contribution >= 4 is 22.3 Å². The Balaban J connectivity index is 1.45. The molecule has 0 aliphatic carbocycles. The molecule has 1 aromatic carbocycles. The van der Waals surface area contributed by atoms with Crippen molar-refractivity contribution in [2.75, 3.05) is 18.4 Å². The number of aromatic nitrogens is 2. The van der Waals surface area contributed by atoms with E-state index in [0.29, 0.717) is 16.6 Å². The molecule has 0 atom stereocenters. The summed E-state index contributed by atoms with van der Waals surface area (Å²) in [5.74, 6) is 0. The number of hydrogen-bond acceptors (Lipinski definition) is 6. The highest BCUT2D eigenvalue weighted by atomic mass is 16.6. The lowest BCUT2D eigenvalue weighted by molar-refractivity contribution is -0.382. The molecule has 1 saturated heterocycles. The van der Waals surface area contributed by atoms with Gasteiger partial charge in [0, 0.05) is 44.3 Å². The van der Waals surface area contributed by atoms with Gasteiger partial charge < -0.3 is 5.32 Å². The second kappa shape index (κ2) is 7.67. The van der Waals surface area contributed by atoms with Crippen molar-refractivity contribution in [2.24, 2.45) is 0 Å². The fourth-order valence-electron chi connectivity index (χ4n) is 3.65. The average molecular weight is 363 g/mol. The quantitative estimate of drug-likeness (QED) is 0.551. The van der Waals surface area contributed by atoms with Crippen molar-refractivity contribution in [3.8, 4) is 0 Å². The summed E-state index contributed by atoms with van der Waals surface area (Å²) >= 11 is 0. The number of anilines is 1. The van der Waals surface area contributed by atoms with Gasteiger partial charge >= 0.3 is 5.69 Å². The third-order valence-electron chi connectivity index (χ3n) is 5.04. The van der Waals surface area contributed by atoms with Gasteiger partial charge in [-0.2, -0.15) is 0 Å². The molecule has 3 heterocycles. The standard InChI is InChI=1S/C20H21N5O2/c26-25(27)20-17-2-1-9-22-18(17)3-4-19(20)23-16-7-12-24(13-8-16)14-15-5-10-21-11-6-15/h1-6,9-11,16,23H,7-8,12-14H2. The molecule has 7 nitrogen and oxygen atoms in total. The molecule has 7 heteroatoms. The molecule has 27 heavy (non-hydrogen) atoms. The Bertz CT molecular complexity index is 940. The van der Waals surface area contributed by atoms with E-state index >= 15 is 0 Å². The van der Waals surface area contributed by atoms with Crippen LogP contribution >= 0.6 is 0 Å². The van der Waals surface area contributed by atoms with E-state index in [2.05, 4.69) is 20.2 Å². The summed E-state index contributed by atoms with van der Waals surface area (Å²) in [5, 5.41) is 15.6. The van der Waals surface area contributed by atoms with Crippen LogP contribution in [-0.2, 0) is 6.54 Å². The predicted molar refractivity (Wildman–Crippen MR) is 105 cm³/mol. The van der Waals surface area contributed by atoms with Gasteiger partial charge in [0.2, 0.25) is 0 Å². The zero-order chi connectivity index (χ0) is 18.6. The lowest BCUT2D eigenvalue weighted by Crippen LogP contribution is -2.38. The zero-order valence-electron chi connectivity index (χ0n) is 14.9. The topological polar surface area (TPSA) is 84.2 Å². The SMILES string of the molecule is O=[N+]([O-])c1c(NC2CCN(Cc3ccncc3)CC2)ccc2ncccc12. The van der Waals surface area contributed by atoms with Gasteiger partial charge in [0.05, 0.1) is 15.8 Å². The van der Waals surface area contributed by atoms with Crippen molar-refractivity contribution in [3.05, 3.63) is 70.7 Å². The van der Waals surface area contributed by atoms with Crippen molar-refractivity contribution in [1.29, 1.82) is 0 Å². The van der Waals surface area contributed by atoms with E-state index in [1.54, 1.807) is 24.4 Å². The highest BCUT2D eigenvalue weighted by Crippen LogP contribution is 2.33. The minimum absolute atomic E-state index is 0.111. The second-order valence-electron chi connectivity index (χ2n) is 6.84. The third-order valence-corrected chi connectivity index (χ3v) is 5.04. The van der Waals surface area contributed by atoms with E-state index in [-0.39, 0.29) is 16.7 Å². The first kappa shape index (κ1) is 17.4. The van der Waals surface area contributed by atoms with Crippen molar-refractivity contribution < 1.29 is 4.92 Å². The summed E-state index contributed by atoms with van der Waals surface area (Å²) in [6.07, 6.45) is 7.19. The molecule has 1 aliphatic rings. The molecule has 0 bridgehead atoms. The lowest BCUT2D eigenvalue weighted by atomic mass is 10.0. The van der Waals surface area contributed by atoms with E-state index in [9.17, 15) is 10.1 Å². The second-order valence-corrected chi connectivity index (χ2v) is 6.84. The summed E-state index contributed by atoms with van der Waals surface area (Å²) in [4.78, 5) is 22.0. The smallest absolute Gasteiger partial charge is 0.301 e. The molecule has 0 unspecified atom stereocenters. The molecule has 0 saturated carbocycles. The fourth-order valence-corrected chi connectivity index (χ4v) is 3.65. The average Bonchev–Trinajstić information content (AvgIpc) is 2.70. The van der Waals surface area contributed by atoms with E-state index in [4.69, 9.17) is 0 Å². The number of hydrogen-bond donors (Lipinski definition) is 1. The number of nitro groups is 1. The van der Waals surface area contributed by atoms with E-state index in [1.165, 1.54) is 5.56 Å². The Morgan fingerprint density at radius 1 is 1.11 bits per heavy atom. The monoisotopic (exact) mass is 363 g/mol. The van der Waals surface area contributed by atoms with Crippen LogP contribution < -0.4 is 5.32 Å². The Kier molecular flexibility index (Phi) is 4.93. The van der Waals surface area contributed by atoms with E-state index in [0.717, 1.165) is 32.5 Å². The van der Waals surface area contributed by atoms with Crippen LogP contribution in [0.5, 0.6) is 0 Å². The molecule has 0 amide bonds. The number of rotatable bonds is 5. The molecule has 4 rings (SSSR count). The fraction of sp³-hybridized carbons (Fsp3) is 0.300. The van der Waals surface area contributed by atoms with Crippen LogP contribution in [0.3, 0.4) is 0 Å². The molecule has 1 aliphatic heterocycles.